The zero-order valence-electron chi connectivity index (χ0n) is 12.9. The van der Waals surface area contributed by atoms with E-state index in [1.165, 1.54) is 35.0 Å². The molecule has 0 amide bonds. The predicted molar refractivity (Wildman–Crippen MR) is 89.0 cm³/mol. The van der Waals surface area contributed by atoms with Crippen molar-refractivity contribution in [1.82, 2.24) is 19.6 Å². The van der Waals surface area contributed by atoms with E-state index in [1.807, 2.05) is 18.2 Å². The van der Waals surface area contributed by atoms with Crippen molar-refractivity contribution in [2.75, 3.05) is 0 Å². The normalized spacial score (nSPS) is 11.1. The van der Waals surface area contributed by atoms with Gasteiger partial charge in [-0.15, -0.1) is 10.2 Å². The molecule has 0 radical (unpaired) electrons. The first-order chi connectivity index (χ1) is 12.1. The second-order valence-corrected chi connectivity index (χ2v) is 5.51. The van der Waals surface area contributed by atoms with Crippen LogP contribution in [0.4, 0.5) is 4.39 Å². The van der Waals surface area contributed by atoms with Crippen molar-refractivity contribution in [1.29, 1.82) is 0 Å². The molecule has 0 N–H and O–H groups in total. The summed E-state index contributed by atoms with van der Waals surface area (Å²) in [7, 11) is 0. The van der Waals surface area contributed by atoms with E-state index in [2.05, 4.69) is 15.2 Å². The van der Waals surface area contributed by atoms with Crippen molar-refractivity contribution in [3.8, 4) is 0 Å². The van der Waals surface area contributed by atoms with E-state index in [9.17, 15) is 14.0 Å². The zero-order valence-corrected chi connectivity index (χ0v) is 12.9. The van der Waals surface area contributed by atoms with Crippen LogP contribution < -0.4 is 5.56 Å². The topological polar surface area (TPSA) is 77.2 Å². The quantitative estimate of drug-likeness (QED) is 0.424. The van der Waals surface area contributed by atoms with Crippen molar-refractivity contribution in [2.24, 2.45) is 0 Å². The van der Waals surface area contributed by atoms with E-state index in [1.54, 1.807) is 6.07 Å². The van der Waals surface area contributed by atoms with E-state index < -0.39 is 11.4 Å². The Balaban J connectivity index is 1.77. The van der Waals surface area contributed by atoms with E-state index in [-0.39, 0.29) is 17.9 Å². The summed E-state index contributed by atoms with van der Waals surface area (Å²) in [5.41, 5.74) is 0.965. The van der Waals surface area contributed by atoms with E-state index in [4.69, 9.17) is 0 Å². The van der Waals surface area contributed by atoms with Crippen molar-refractivity contribution in [3.63, 3.8) is 0 Å². The molecular formula is C18H11FN4O2. The van der Waals surface area contributed by atoms with Gasteiger partial charge in [0.25, 0.3) is 5.56 Å². The van der Waals surface area contributed by atoms with Crippen LogP contribution in [0.25, 0.3) is 16.6 Å². The molecule has 122 valence electrons. The smallest absolute Gasteiger partial charge is 0.281 e. The molecule has 0 spiro atoms. The van der Waals surface area contributed by atoms with E-state index >= 15 is 0 Å². The molecule has 0 aliphatic heterocycles. The van der Waals surface area contributed by atoms with Gasteiger partial charge in [0, 0.05) is 10.9 Å². The Morgan fingerprint density at radius 2 is 1.80 bits per heavy atom. The Kier molecular flexibility index (Phi) is 3.53. The van der Waals surface area contributed by atoms with Crippen molar-refractivity contribution in [2.45, 2.75) is 6.42 Å². The first-order valence-electron chi connectivity index (χ1n) is 7.54. The molecule has 0 aliphatic carbocycles. The maximum Gasteiger partial charge on any atom is 0.281 e. The summed E-state index contributed by atoms with van der Waals surface area (Å²) in [4.78, 5) is 29.1. The van der Waals surface area contributed by atoms with Gasteiger partial charge in [-0.25, -0.2) is 13.8 Å². The molecule has 0 unspecified atom stereocenters. The number of para-hydroxylation sites is 1. The summed E-state index contributed by atoms with van der Waals surface area (Å²) in [6.45, 7) is 0. The summed E-state index contributed by atoms with van der Waals surface area (Å²) in [5.74, 6) is -0.764. The molecular weight excluding hydrogens is 323 g/mol. The number of nitrogens with zero attached hydrogens (tertiary/aromatic N) is 4. The van der Waals surface area contributed by atoms with E-state index in [0.29, 0.717) is 22.1 Å². The standard InChI is InChI=1S/C18H11FN4O2/c19-12-7-5-11(6-8-12)16(24)9-15-18(25)23-10-20-14-4-2-1-3-13(14)17(23)22-21-15/h1-8,10H,9H2. The van der Waals surface area contributed by atoms with Crippen LogP contribution in [-0.4, -0.2) is 25.4 Å². The van der Waals surface area contributed by atoms with Crippen LogP contribution in [0.5, 0.6) is 0 Å². The summed E-state index contributed by atoms with van der Waals surface area (Å²) in [5, 5.41) is 8.73. The summed E-state index contributed by atoms with van der Waals surface area (Å²) < 4.78 is 14.2. The average molecular weight is 334 g/mol. The lowest BCUT2D eigenvalue weighted by molar-refractivity contribution is 0.0991. The van der Waals surface area contributed by atoms with Gasteiger partial charge in [0.15, 0.2) is 11.4 Å². The predicted octanol–water partition coefficient (Wildman–Crippen LogP) is 2.20. The second-order valence-electron chi connectivity index (χ2n) is 5.51. The molecule has 0 saturated heterocycles. The minimum atomic E-state index is -0.446. The molecule has 2 heterocycles. The van der Waals surface area contributed by atoms with Crippen LogP contribution in [0.15, 0.2) is 59.7 Å². The molecule has 4 rings (SSSR count). The number of aromatic nitrogens is 4. The van der Waals surface area contributed by atoms with Crippen molar-refractivity contribution >= 4 is 22.3 Å². The molecule has 0 fully saturated rings. The lowest BCUT2D eigenvalue weighted by Crippen LogP contribution is -2.24. The monoisotopic (exact) mass is 334 g/mol. The zero-order chi connectivity index (χ0) is 17.4. The van der Waals surface area contributed by atoms with Gasteiger partial charge in [0.2, 0.25) is 0 Å². The van der Waals surface area contributed by atoms with Gasteiger partial charge in [-0.05, 0) is 36.4 Å². The van der Waals surface area contributed by atoms with Crippen LogP contribution >= 0.6 is 0 Å². The minimum absolute atomic E-state index is 0.0175. The third-order valence-corrected chi connectivity index (χ3v) is 3.91. The Morgan fingerprint density at radius 3 is 2.60 bits per heavy atom. The number of rotatable bonds is 3. The number of ketones is 1. The van der Waals surface area contributed by atoms with Gasteiger partial charge in [0.05, 0.1) is 11.9 Å². The summed E-state index contributed by atoms with van der Waals surface area (Å²) >= 11 is 0. The van der Waals surface area contributed by atoms with Crippen LogP contribution in [0, 0.1) is 5.82 Å². The fraction of sp³-hybridized carbons (Fsp3) is 0.0556. The van der Waals surface area contributed by atoms with Crippen molar-refractivity contribution in [3.05, 3.63) is 82.3 Å². The van der Waals surface area contributed by atoms with Gasteiger partial charge in [-0.3, -0.25) is 9.59 Å². The molecule has 0 saturated carbocycles. The number of Topliss-reactive ketones (excluding diaryl/α,β-unsaturated/α-hetero) is 1. The third kappa shape index (κ3) is 2.65. The fourth-order valence-electron chi connectivity index (χ4n) is 2.62. The molecule has 4 aromatic rings. The Bertz CT molecular complexity index is 1170. The molecule has 0 aliphatic rings. The molecule has 6 nitrogen and oxygen atoms in total. The average Bonchev–Trinajstić information content (AvgIpc) is 2.64. The van der Waals surface area contributed by atoms with Gasteiger partial charge in [-0.2, -0.15) is 0 Å². The third-order valence-electron chi connectivity index (χ3n) is 3.91. The van der Waals surface area contributed by atoms with Gasteiger partial charge in [-0.1, -0.05) is 12.1 Å². The second kappa shape index (κ2) is 5.86. The number of hydrogen-bond acceptors (Lipinski definition) is 5. The lowest BCUT2D eigenvalue weighted by Gasteiger charge is -2.05. The fourth-order valence-corrected chi connectivity index (χ4v) is 2.62. The molecule has 2 aromatic heterocycles. The first-order valence-corrected chi connectivity index (χ1v) is 7.54. The highest BCUT2D eigenvalue weighted by Gasteiger charge is 2.15. The molecule has 25 heavy (non-hydrogen) atoms. The number of fused-ring (bicyclic) bond motifs is 3. The minimum Gasteiger partial charge on any atom is -0.294 e. The highest BCUT2D eigenvalue weighted by atomic mass is 19.1. The largest absolute Gasteiger partial charge is 0.294 e. The molecule has 0 bridgehead atoms. The molecule has 0 atom stereocenters. The van der Waals surface area contributed by atoms with E-state index in [0.717, 1.165) is 0 Å². The van der Waals surface area contributed by atoms with Crippen LogP contribution in [-0.2, 0) is 6.42 Å². The Labute approximate surface area is 140 Å². The molecule has 2 aromatic carbocycles. The number of carbonyl (C=O) groups is 1. The number of benzene rings is 2. The maximum atomic E-state index is 12.9. The number of carbonyl (C=O) groups excluding carboxylic acids is 1. The Hall–Kier alpha value is -3.48. The highest BCUT2D eigenvalue weighted by Crippen LogP contribution is 2.14. The SMILES string of the molecule is O=C(Cc1nnc2c3ccccc3ncn2c1=O)c1ccc(F)cc1. The maximum absolute atomic E-state index is 12.9. The number of halogens is 1. The summed E-state index contributed by atoms with van der Waals surface area (Å²) in [6.07, 6.45) is 1.16. The van der Waals surface area contributed by atoms with Crippen LogP contribution in [0.2, 0.25) is 0 Å². The number of hydrogen-bond donors (Lipinski definition) is 0. The van der Waals surface area contributed by atoms with Crippen LogP contribution in [0.1, 0.15) is 16.1 Å². The van der Waals surface area contributed by atoms with Gasteiger partial charge in [0.1, 0.15) is 17.8 Å². The van der Waals surface area contributed by atoms with Crippen molar-refractivity contribution < 1.29 is 9.18 Å². The van der Waals surface area contributed by atoms with Gasteiger partial charge < -0.3 is 0 Å². The van der Waals surface area contributed by atoms with Crippen LogP contribution in [0.3, 0.4) is 0 Å². The molecule has 7 heteroatoms. The lowest BCUT2D eigenvalue weighted by atomic mass is 10.1. The highest BCUT2D eigenvalue weighted by molar-refractivity contribution is 5.97. The first kappa shape index (κ1) is 15.1. The van der Waals surface area contributed by atoms with Gasteiger partial charge >= 0.3 is 0 Å². The summed E-state index contributed by atoms with van der Waals surface area (Å²) in [6, 6.07) is 12.4. The Morgan fingerprint density at radius 1 is 1.04 bits per heavy atom.